The van der Waals surface area contributed by atoms with Gasteiger partial charge in [-0.1, -0.05) is 11.6 Å². The van der Waals surface area contributed by atoms with Crippen molar-refractivity contribution in [2.24, 2.45) is 0 Å². The third-order valence-corrected chi connectivity index (χ3v) is 4.38. The summed E-state index contributed by atoms with van der Waals surface area (Å²) in [7, 11) is 0. The number of aromatic nitrogens is 2. The van der Waals surface area contributed by atoms with Gasteiger partial charge in [-0.2, -0.15) is 0 Å². The van der Waals surface area contributed by atoms with Crippen molar-refractivity contribution in [3.63, 3.8) is 0 Å². The lowest BCUT2D eigenvalue weighted by molar-refractivity contribution is 0.628. The molecule has 3 rings (SSSR count). The number of hydrogen-bond donors (Lipinski definition) is 1. The van der Waals surface area contributed by atoms with E-state index in [1.165, 1.54) is 12.1 Å². The minimum Gasteiger partial charge on any atom is -0.306 e. The molecule has 2 aromatic rings. The number of nitrogens with one attached hydrogen (secondary N) is 1. The highest BCUT2D eigenvalue weighted by Crippen LogP contribution is 2.40. The van der Waals surface area contributed by atoms with E-state index in [0.717, 1.165) is 18.5 Å². The zero-order valence-corrected chi connectivity index (χ0v) is 12.6. The molecular weight excluding hydrogens is 382 g/mol. The lowest BCUT2D eigenvalue weighted by Crippen LogP contribution is -2.16. The van der Waals surface area contributed by atoms with E-state index >= 15 is 0 Å². The van der Waals surface area contributed by atoms with Gasteiger partial charge in [-0.05, 0) is 53.6 Å². The van der Waals surface area contributed by atoms with Crippen LogP contribution in [0.2, 0.25) is 5.02 Å². The Balaban J connectivity index is 2.14. The molecule has 3 nitrogen and oxygen atoms in total. The summed E-state index contributed by atoms with van der Waals surface area (Å²) in [6.07, 6.45) is 2.13. The summed E-state index contributed by atoms with van der Waals surface area (Å²) in [5.41, 5.74) is 1.29. The molecule has 0 unspecified atom stereocenters. The predicted octanol–water partition coefficient (Wildman–Crippen LogP) is 3.71. The first-order valence-electron chi connectivity index (χ1n) is 5.81. The maximum Gasteiger partial charge on any atom is 0.264 e. The van der Waals surface area contributed by atoms with Gasteiger partial charge < -0.3 is 4.98 Å². The highest BCUT2D eigenvalue weighted by molar-refractivity contribution is 14.1. The fraction of sp³-hybridized carbons (Fsp3) is 0.231. The van der Waals surface area contributed by atoms with Crippen LogP contribution in [-0.2, 0) is 0 Å². The van der Waals surface area contributed by atoms with Crippen molar-refractivity contribution in [3.05, 3.63) is 48.7 Å². The van der Waals surface area contributed by atoms with E-state index in [1.54, 1.807) is 6.07 Å². The van der Waals surface area contributed by atoms with E-state index in [2.05, 4.69) is 9.97 Å². The van der Waals surface area contributed by atoms with Crippen molar-refractivity contribution in [2.45, 2.75) is 18.8 Å². The number of halogens is 3. The SMILES string of the molecule is O=c1[nH]c(-c2ccc(F)c(Cl)c2)nc(C2CC2)c1I. The van der Waals surface area contributed by atoms with Crippen LogP contribution in [0.25, 0.3) is 11.4 Å². The van der Waals surface area contributed by atoms with Gasteiger partial charge in [0, 0.05) is 11.5 Å². The number of aromatic amines is 1. The molecule has 1 aliphatic carbocycles. The minimum absolute atomic E-state index is 0.0201. The van der Waals surface area contributed by atoms with Gasteiger partial charge in [0.1, 0.15) is 11.6 Å². The fourth-order valence-electron chi connectivity index (χ4n) is 1.88. The Hall–Kier alpha value is -0.950. The fourth-order valence-corrected chi connectivity index (χ4v) is 2.76. The van der Waals surface area contributed by atoms with Crippen LogP contribution in [0.1, 0.15) is 24.5 Å². The van der Waals surface area contributed by atoms with Crippen LogP contribution in [0, 0.1) is 9.39 Å². The monoisotopic (exact) mass is 390 g/mol. The Labute approximate surface area is 127 Å². The van der Waals surface area contributed by atoms with Crippen molar-refractivity contribution in [1.29, 1.82) is 0 Å². The predicted molar refractivity (Wildman–Crippen MR) is 80.0 cm³/mol. The molecule has 0 aliphatic heterocycles. The van der Waals surface area contributed by atoms with Gasteiger partial charge in [0.15, 0.2) is 0 Å². The normalized spacial score (nSPS) is 14.7. The molecule has 6 heteroatoms. The number of hydrogen-bond acceptors (Lipinski definition) is 2. The highest BCUT2D eigenvalue weighted by atomic mass is 127. The minimum atomic E-state index is -0.485. The van der Waals surface area contributed by atoms with Crippen LogP contribution in [0.3, 0.4) is 0 Å². The third-order valence-electron chi connectivity index (χ3n) is 3.05. The van der Waals surface area contributed by atoms with Crippen molar-refractivity contribution in [3.8, 4) is 11.4 Å². The molecule has 0 saturated heterocycles. The molecule has 0 amide bonds. The first kappa shape index (κ1) is 13.1. The average Bonchev–Trinajstić information content (AvgIpc) is 3.20. The molecule has 1 N–H and O–H groups in total. The second-order valence-electron chi connectivity index (χ2n) is 4.52. The third kappa shape index (κ3) is 2.53. The Morgan fingerprint density at radius 3 is 2.79 bits per heavy atom. The summed E-state index contributed by atoms with van der Waals surface area (Å²) >= 11 is 7.77. The maximum atomic E-state index is 13.1. The second kappa shape index (κ2) is 4.86. The summed E-state index contributed by atoms with van der Waals surface area (Å²) in [6.45, 7) is 0. The average molecular weight is 391 g/mol. The topological polar surface area (TPSA) is 45.8 Å². The quantitative estimate of drug-likeness (QED) is 0.795. The smallest absolute Gasteiger partial charge is 0.264 e. The molecule has 1 aromatic heterocycles. The van der Waals surface area contributed by atoms with E-state index in [4.69, 9.17) is 11.6 Å². The number of H-pyrrole nitrogens is 1. The van der Waals surface area contributed by atoms with E-state index in [0.29, 0.717) is 20.9 Å². The lowest BCUT2D eigenvalue weighted by Gasteiger charge is -2.06. The Morgan fingerprint density at radius 2 is 2.16 bits per heavy atom. The van der Waals surface area contributed by atoms with E-state index in [-0.39, 0.29) is 10.6 Å². The molecule has 0 bridgehead atoms. The van der Waals surface area contributed by atoms with Gasteiger partial charge in [0.2, 0.25) is 0 Å². The van der Waals surface area contributed by atoms with Crippen LogP contribution >= 0.6 is 34.2 Å². The van der Waals surface area contributed by atoms with E-state index in [9.17, 15) is 9.18 Å². The molecule has 1 saturated carbocycles. The zero-order valence-electron chi connectivity index (χ0n) is 9.71. The van der Waals surface area contributed by atoms with Crippen molar-refractivity contribution in [2.75, 3.05) is 0 Å². The van der Waals surface area contributed by atoms with Crippen molar-refractivity contribution < 1.29 is 4.39 Å². The summed E-state index contributed by atoms with van der Waals surface area (Å²) in [5, 5.41) is 0.0201. The zero-order chi connectivity index (χ0) is 13.6. The van der Waals surface area contributed by atoms with Crippen LogP contribution < -0.4 is 5.56 Å². The van der Waals surface area contributed by atoms with Crippen molar-refractivity contribution in [1.82, 2.24) is 9.97 Å². The first-order chi connectivity index (χ1) is 9.06. The van der Waals surface area contributed by atoms with Crippen LogP contribution in [0.15, 0.2) is 23.0 Å². The van der Waals surface area contributed by atoms with Crippen molar-refractivity contribution >= 4 is 34.2 Å². The maximum absolute atomic E-state index is 13.1. The van der Waals surface area contributed by atoms with E-state index < -0.39 is 5.82 Å². The van der Waals surface area contributed by atoms with Crippen LogP contribution in [-0.4, -0.2) is 9.97 Å². The second-order valence-corrected chi connectivity index (χ2v) is 6.00. The molecule has 1 aliphatic rings. The molecule has 0 spiro atoms. The van der Waals surface area contributed by atoms with Gasteiger partial charge in [0.25, 0.3) is 5.56 Å². The summed E-state index contributed by atoms with van der Waals surface area (Å²) in [5.74, 6) is 0.332. The number of rotatable bonds is 2. The Bertz CT molecular complexity index is 712. The largest absolute Gasteiger partial charge is 0.306 e. The molecule has 0 radical (unpaired) electrons. The van der Waals surface area contributed by atoms with E-state index in [1.807, 2.05) is 22.6 Å². The summed E-state index contributed by atoms with van der Waals surface area (Å²) < 4.78 is 13.8. The van der Waals surface area contributed by atoms with Gasteiger partial charge in [-0.15, -0.1) is 0 Å². The lowest BCUT2D eigenvalue weighted by atomic mass is 10.2. The highest BCUT2D eigenvalue weighted by Gasteiger charge is 2.29. The number of nitrogens with zero attached hydrogens (tertiary/aromatic N) is 1. The summed E-state index contributed by atoms with van der Waals surface area (Å²) in [4.78, 5) is 19.1. The molecule has 0 atom stereocenters. The van der Waals surface area contributed by atoms with Gasteiger partial charge in [-0.25, -0.2) is 9.37 Å². The van der Waals surface area contributed by atoms with Gasteiger partial charge >= 0.3 is 0 Å². The molecule has 1 aromatic carbocycles. The van der Waals surface area contributed by atoms with Crippen LogP contribution in [0.4, 0.5) is 4.39 Å². The van der Waals surface area contributed by atoms with Gasteiger partial charge in [0.05, 0.1) is 14.3 Å². The Morgan fingerprint density at radius 1 is 1.42 bits per heavy atom. The summed E-state index contributed by atoms with van der Waals surface area (Å²) in [6, 6.07) is 4.30. The molecule has 19 heavy (non-hydrogen) atoms. The van der Waals surface area contributed by atoms with Crippen LogP contribution in [0.5, 0.6) is 0 Å². The Kier molecular flexibility index (Phi) is 3.34. The first-order valence-corrected chi connectivity index (χ1v) is 7.27. The molecule has 1 fully saturated rings. The molecule has 98 valence electrons. The number of benzene rings is 1. The van der Waals surface area contributed by atoms with Gasteiger partial charge in [-0.3, -0.25) is 4.79 Å². The molecule has 1 heterocycles. The standard InChI is InChI=1S/C13H9ClFIN2O/c14-8-5-7(3-4-9(8)15)12-17-11(6-1-2-6)10(16)13(19)18-12/h3-6H,1-2H2,(H,17,18,19). The molecular formula is C13H9ClFIN2O.